The molecule has 0 aliphatic heterocycles. The SMILES string of the molecule is O=C(CCNC(=O)NCc1ccc(Cl)cc1Cl)NCC(=O)NC(CC(=O)OOC(=O)C(F)(F)F)c1ccc(-c2ccccc2)cc1. The third-order valence-electron chi connectivity index (χ3n) is 6.11. The van der Waals surface area contributed by atoms with Crippen LogP contribution >= 0.6 is 23.2 Å². The molecule has 244 valence electrons. The van der Waals surface area contributed by atoms with Crippen LogP contribution in [0.5, 0.6) is 0 Å². The van der Waals surface area contributed by atoms with Crippen molar-refractivity contribution in [1.29, 1.82) is 0 Å². The van der Waals surface area contributed by atoms with Gasteiger partial charge in [0.05, 0.1) is 19.0 Å². The number of rotatable bonds is 12. The lowest BCUT2D eigenvalue weighted by Gasteiger charge is -2.19. The topological polar surface area (TPSA) is 152 Å². The Morgan fingerprint density at radius 3 is 2.11 bits per heavy atom. The van der Waals surface area contributed by atoms with E-state index in [-0.39, 0.29) is 19.5 Å². The van der Waals surface area contributed by atoms with Crippen molar-refractivity contribution in [2.24, 2.45) is 0 Å². The number of benzene rings is 3. The summed E-state index contributed by atoms with van der Waals surface area (Å²) in [6.45, 7) is -0.480. The molecule has 46 heavy (non-hydrogen) atoms. The maximum absolute atomic E-state index is 12.6. The van der Waals surface area contributed by atoms with Crippen molar-refractivity contribution in [3.8, 4) is 11.1 Å². The predicted octanol–water partition coefficient (Wildman–Crippen LogP) is 4.78. The molecule has 0 spiro atoms. The Balaban J connectivity index is 1.51. The molecule has 3 aromatic rings. The normalized spacial score (nSPS) is 11.5. The summed E-state index contributed by atoms with van der Waals surface area (Å²) >= 11 is 11.9. The van der Waals surface area contributed by atoms with Crippen LogP contribution in [0, 0.1) is 0 Å². The van der Waals surface area contributed by atoms with Gasteiger partial charge in [0.15, 0.2) is 0 Å². The lowest BCUT2D eigenvalue weighted by molar-refractivity contribution is -0.286. The highest BCUT2D eigenvalue weighted by Crippen LogP contribution is 2.24. The van der Waals surface area contributed by atoms with Crippen LogP contribution in [0.25, 0.3) is 11.1 Å². The van der Waals surface area contributed by atoms with Crippen LogP contribution in [-0.4, -0.2) is 49.0 Å². The summed E-state index contributed by atoms with van der Waals surface area (Å²) in [5.41, 5.74) is 2.69. The molecule has 0 radical (unpaired) electrons. The Kier molecular flexibility index (Phi) is 13.2. The fourth-order valence-corrected chi connectivity index (χ4v) is 4.30. The average molecular weight is 683 g/mol. The molecule has 11 nitrogen and oxygen atoms in total. The highest BCUT2D eigenvalue weighted by molar-refractivity contribution is 6.35. The number of amides is 4. The molecule has 16 heteroatoms. The lowest BCUT2D eigenvalue weighted by Crippen LogP contribution is -2.41. The highest BCUT2D eigenvalue weighted by Gasteiger charge is 2.43. The second kappa shape index (κ2) is 17.0. The molecular formula is C30H27Cl2F3N4O7. The van der Waals surface area contributed by atoms with E-state index in [0.29, 0.717) is 21.2 Å². The van der Waals surface area contributed by atoms with E-state index in [1.165, 1.54) is 6.07 Å². The number of halogens is 5. The molecule has 0 aliphatic rings. The molecule has 3 rings (SSSR count). The van der Waals surface area contributed by atoms with E-state index in [0.717, 1.165) is 11.1 Å². The van der Waals surface area contributed by atoms with Gasteiger partial charge in [-0.2, -0.15) is 13.2 Å². The van der Waals surface area contributed by atoms with E-state index in [1.807, 2.05) is 30.3 Å². The fraction of sp³-hybridized carbons (Fsp3) is 0.233. The van der Waals surface area contributed by atoms with E-state index >= 15 is 0 Å². The summed E-state index contributed by atoms with van der Waals surface area (Å²) < 4.78 is 37.1. The fourth-order valence-electron chi connectivity index (χ4n) is 3.83. The molecule has 0 aromatic heterocycles. The second-order valence-electron chi connectivity index (χ2n) is 9.51. The van der Waals surface area contributed by atoms with Gasteiger partial charge in [0.1, 0.15) is 0 Å². The number of nitrogens with one attached hydrogen (secondary N) is 4. The summed E-state index contributed by atoms with van der Waals surface area (Å²) in [6.07, 6.45) is -6.27. The zero-order valence-electron chi connectivity index (χ0n) is 23.8. The van der Waals surface area contributed by atoms with Crippen molar-refractivity contribution in [3.63, 3.8) is 0 Å². The van der Waals surface area contributed by atoms with Crippen LogP contribution in [0.2, 0.25) is 10.0 Å². The van der Waals surface area contributed by atoms with E-state index < -0.39 is 55.0 Å². The van der Waals surface area contributed by atoms with Gasteiger partial charge in [-0.05, 0) is 34.4 Å². The van der Waals surface area contributed by atoms with Crippen LogP contribution in [0.15, 0.2) is 72.8 Å². The van der Waals surface area contributed by atoms with Crippen molar-refractivity contribution in [2.75, 3.05) is 13.1 Å². The van der Waals surface area contributed by atoms with Gasteiger partial charge in [0.2, 0.25) is 11.8 Å². The van der Waals surface area contributed by atoms with Gasteiger partial charge in [0.25, 0.3) is 0 Å². The van der Waals surface area contributed by atoms with E-state index in [4.69, 9.17) is 23.2 Å². The van der Waals surface area contributed by atoms with Crippen LogP contribution in [0.3, 0.4) is 0 Å². The molecule has 0 saturated carbocycles. The van der Waals surface area contributed by atoms with Crippen molar-refractivity contribution in [2.45, 2.75) is 31.6 Å². The quantitative estimate of drug-likeness (QED) is 0.159. The average Bonchev–Trinajstić information content (AvgIpc) is 3.02. The molecule has 4 N–H and O–H groups in total. The van der Waals surface area contributed by atoms with Crippen LogP contribution in [0.4, 0.5) is 18.0 Å². The first-order valence-electron chi connectivity index (χ1n) is 13.5. The third kappa shape index (κ3) is 11.9. The van der Waals surface area contributed by atoms with Gasteiger partial charge in [-0.1, -0.05) is 83.9 Å². The molecule has 0 fully saturated rings. The largest absolute Gasteiger partial charge is 0.495 e. The number of carbonyl (C=O) groups is 5. The van der Waals surface area contributed by atoms with E-state index in [1.54, 1.807) is 36.4 Å². The Hall–Kier alpha value is -4.82. The summed E-state index contributed by atoms with van der Waals surface area (Å²) in [6, 6.07) is 18.9. The first-order valence-corrected chi connectivity index (χ1v) is 14.2. The summed E-state index contributed by atoms with van der Waals surface area (Å²) in [5.74, 6) is -5.44. The first-order chi connectivity index (χ1) is 21.8. The molecule has 0 bridgehead atoms. The zero-order chi connectivity index (χ0) is 33.7. The number of urea groups is 1. The number of hydrogen-bond acceptors (Lipinski definition) is 7. The molecular weight excluding hydrogens is 656 g/mol. The minimum Gasteiger partial charge on any atom is -0.347 e. The Morgan fingerprint density at radius 2 is 1.46 bits per heavy atom. The van der Waals surface area contributed by atoms with Gasteiger partial charge in [-0.25, -0.2) is 24.2 Å². The lowest BCUT2D eigenvalue weighted by atomic mass is 9.99. The predicted molar refractivity (Wildman–Crippen MR) is 160 cm³/mol. The van der Waals surface area contributed by atoms with Gasteiger partial charge < -0.3 is 21.3 Å². The van der Waals surface area contributed by atoms with Crippen molar-refractivity contribution in [1.82, 2.24) is 21.3 Å². The Labute approximate surface area is 270 Å². The molecule has 4 amide bonds. The maximum atomic E-state index is 12.6. The van der Waals surface area contributed by atoms with Gasteiger partial charge in [-0.15, -0.1) is 0 Å². The smallest absolute Gasteiger partial charge is 0.347 e. The Bertz CT molecular complexity index is 1540. The van der Waals surface area contributed by atoms with E-state index in [2.05, 4.69) is 31.0 Å². The molecule has 0 saturated heterocycles. The molecule has 3 aromatic carbocycles. The van der Waals surface area contributed by atoms with Gasteiger partial charge in [-0.3, -0.25) is 9.59 Å². The van der Waals surface area contributed by atoms with Crippen molar-refractivity contribution < 1.29 is 46.9 Å². The van der Waals surface area contributed by atoms with Crippen LogP contribution in [0.1, 0.15) is 30.0 Å². The first kappa shape index (κ1) is 35.7. The minimum atomic E-state index is -5.38. The zero-order valence-corrected chi connectivity index (χ0v) is 25.3. The van der Waals surface area contributed by atoms with Crippen molar-refractivity contribution in [3.05, 3.63) is 94.0 Å². The molecule has 0 heterocycles. The summed E-state index contributed by atoms with van der Waals surface area (Å²) in [5, 5.41) is 10.7. The summed E-state index contributed by atoms with van der Waals surface area (Å²) in [7, 11) is 0. The highest BCUT2D eigenvalue weighted by atomic mass is 35.5. The minimum absolute atomic E-state index is 0.0630. The van der Waals surface area contributed by atoms with E-state index in [9.17, 15) is 37.1 Å². The molecule has 0 aliphatic carbocycles. The summed E-state index contributed by atoms with van der Waals surface area (Å²) in [4.78, 5) is 67.5. The second-order valence-corrected chi connectivity index (χ2v) is 10.4. The van der Waals surface area contributed by atoms with Crippen LogP contribution in [-0.2, 0) is 35.5 Å². The van der Waals surface area contributed by atoms with Crippen LogP contribution < -0.4 is 21.3 Å². The Morgan fingerprint density at radius 1 is 0.783 bits per heavy atom. The van der Waals surface area contributed by atoms with Gasteiger partial charge >= 0.3 is 24.1 Å². The third-order valence-corrected chi connectivity index (χ3v) is 6.69. The molecule has 1 atom stereocenters. The monoisotopic (exact) mass is 682 g/mol. The number of hydrogen-bond donors (Lipinski definition) is 4. The molecule has 1 unspecified atom stereocenters. The van der Waals surface area contributed by atoms with Gasteiger partial charge in [0, 0.05) is 29.6 Å². The number of alkyl halides is 3. The maximum Gasteiger partial charge on any atom is 0.495 e. The standard InChI is InChI=1S/C30H27Cl2F3N4O7/c31-22-11-10-21(23(32)14-22)16-38-29(44)36-13-12-25(40)37-17-26(41)39-24(15-27(42)45-46-28(43)30(33,34)35)20-8-6-19(7-9-20)18-4-2-1-3-5-18/h1-11,14,24H,12-13,15-17H2,(H,37,40)(H,39,41)(H2,36,38,44). The van der Waals surface area contributed by atoms with Crippen molar-refractivity contribution >= 4 is 53.0 Å². The number of carbonyl (C=O) groups excluding carboxylic acids is 5.